The molecule has 0 bridgehead atoms. The standard InChI is InChI=1S/C6H18N4/c7-4-1-2-6(9,10)3-5-8/h1-5,7-10H2. The van der Waals surface area contributed by atoms with Gasteiger partial charge in [-0.2, -0.15) is 0 Å². The summed E-state index contributed by atoms with van der Waals surface area (Å²) in [5.41, 5.74) is 21.3. The second-order valence-electron chi connectivity index (χ2n) is 2.66. The van der Waals surface area contributed by atoms with Crippen molar-refractivity contribution in [2.24, 2.45) is 22.9 Å². The van der Waals surface area contributed by atoms with E-state index in [4.69, 9.17) is 22.9 Å². The van der Waals surface area contributed by atoms with E-state index < -0.39 is 5.66 Å². The van der Waals surface area contributed by atoms with Crippen LogP contribution >= 0.6 is 0 Å². The van der Waals surface area contributed by atoms with E-state index in [2.05, 4.69) is 0 Å². The van der Waals surface area contributed by atoms with E-state index in [0.29, 0.717) is 19.5 Å². The number of hydrogen-bond acceptors (Lipinski definition) is 4. The van der Waals surface area contributed by atoms with Crippen LogP contribution in [0.4, 0.5) is 0 Å². The molecule has 8 N–H and O–H groups in total. The highest BCUT2D eigenvalue weighted by Crippen LogP contribution is 2.04. The van der Waals surface area contributed by atoms with Gasteiger partial charge in [-0.15, -0.1) is 0 Å². The Hall–Kier alpha value is -0.160. The lowest BCUT2D eigenvalue weighted by Gasteiger charge is -2.23. The molecule has 0 radical (unpaired) electrons. The van der Waals surface area contributed by atoms with Gasteiger partial charge in [-0.25, -0.2) is 0 Å². The van der Waals surface area contributed by atoms with Gasteiger partial charge in [-0.1, -0.05) is 0 Å². The molecule has 4 nitrogen and oxygen atoms in total. The summed E-state index contributed by atoms with van der Waals surface area (Å²) in [6.07, 6.45) is 2.28. The van der Waals surface area contributed by atoms with Crippen LogP contribution in [0.2, 0.25) is 0 Å². The molecule has 0 aliphatic heterocycles. The highest BCUT2D eigenvalue weighted by atomic mass is 15.0. The third kappa shape index (κ3) is 4.69. The van der Waals surface area contributed by atoms with E-state index in [9.17, 15) is 0 Å². The first-order valence-electron chi connectivity index (χ1n) is 3.60. The van der Waals surface area contributed by atoms with E-state index in [1.54, 1.807) is 0 Å². The van der Waals surface area contributed by atoms with Crippen LogP contribution in [-0.4, -0.2) is 18.8 Å². The number of rotatable bonds is 5. The number of nitrogens with two attached hydrogens (primary N) is 4. The Kier molecular flexibility index (Phi) is 4.55. The van der Waals surface area contributed by atoms with Gasteiger partial charge >= 0.3 is 0 Å². The Morgan fingerprint density at radius 2 is 1.50 bits per heavy atom. The van der Waals surface area contributed by atoms with Crippen LogP contribution in [0.3, 0.4) is 0 Å². The van der Waals surface area contributed by atoms with Crippen molar-refractivity contribution in [1.82, 2.24) is 0 Å². The van der Waals surface area contributed by atoms with Gasteiger partial charge in [0.2, 0.25) is 0 Å². The Morgan fingerprint density at radius 1 is 0.900 bits per heavy atom. The minimum atomic E-state index is -0.603. The first kappa shape index (κ1) is 9.84. The average molecular weight is 146 g/mol. The van der Waals surface area contributed by atoms with Crippen LogP contribution in [0.5, 0.6) is 0 Å². The van der Waals surface area contributed by atoms with Crippen LogP contribution in [-0.2, 0) is 0 Å². The zero-order chi connectivity index (χ0) is 8.04. The molecular formula is C6H18N4. The fourth-order valence-electron chi connectivity index (χ4n) is 0.825. The smallest absolute Gasteiger partial charge is 0.0649 e. The highest BCUT2D eigenvalue weighted by molar-refractivity contribution is 4.76. The molecule has 0 saturated carbocycles. The average Bonchev–Trinajstić information content (AvgIpc) is 1.84. The molecule has 0 aromatic rings. The van der Waals surface area contributed by atoms with Gasteiger partial charge < -0.3 is 22.9 Å². The van der Waals surface area contributed by atoms with Crippen molar-refractivity contribution < 1.29 is 0 Å². The van der Waals surface area contributed by atoms with E-state index in [1.807, 2.05) is 0 Å². The largest absolute Gasteiger partial charge is 0.330 e. The zero-order valence-electron chi connectivity index (χ0n) is 6.34. The summed E-state index contributed by atoms with van der Waals surface area (Å²) in [4.78, 5) is 0. The molecule has 0 amide bonds. The Labute approximate surface area is 61.9 Å². The molecule has 0 rings (SSSR count). The van der Waals surface area contributed by atoms with Gasteiger partial charge in [0.15, 0.2) is 0 Å². The van der Waals surface area contributed by atoms with Gasteiger partial charge in [0, 0.05) is 0 Å². The first-order valence-corrected chi connectivity index (χ1v) is 3.60. The normalized spacial score (nSPS) is 12.0. The first-order chi connectivity index (χ1) is 4.62. The maximum atomic E-state index is 5.66. The molecule has 10 heavy (non-hydrogen) atoms. The van der Waals surface area contributed by atoms with Crippen molar-refractivity contribution in [2.45, 2.75) is 24.9 Å². The lowest BCUT2D eigenvalue weighted by atomic mass is 10.0. The summed E-state index contributed by atoms with van der Waals surface area (Å²) in [6, 6.07) is 0. The predicted octanol–water partition coefficient (Wildman–Crippen LogP) is -1.31. The van der Waals surface area contributed by atoms with E-state index in [-0.39, 0.29) is 0 Å². The summed E-state index contributed by atoms with van der Waals surface area (Å²) < 4.78 is 0. The van der Waals surface area contributed by atoms with Crippen molar-refractivity contribution in [1.29, 1.82) is 0 Å². The molecule has 0 saturated heterocycles. The molecule has 0 aromatic carbocycles. The molecular weight excluding hydrogens is 128 g/mol. The van der Waals surface area contributed by atoms with Gasteiger partial charge in [0.25, 0.3) is 0 Å². The van der Waals surface area contributed by atoms with Gasteiger partial charge in [-0.3, -0.25) is 0 Å². The van der Waals surface area contributed by atoms with Crippen LogP contribution in [0.15, 0.2) is 0 Å². The molecule has 0 aliphatic rings. The molecule has 0 fully saturated rings. The van der Waals surface area contributed by atoms with Gasteiger partial charge in [-0.05, 0) is 32.4 Å². The highest BCUT2D eigenvalue weighted by Gasteiger charge is 2.15. The second kappa shape index (κ2) is 4.62. The fraction of sp³-hybridized carbons (Fsp3) is 1.00. The quantitative estimate of drug-likeness (QED) is 0.361. The topological polar surface area (TPSA) is 104 Å². The maximum absolute atomic E-state index is 5.66. The molecule has 62 valence electrons. The molecule has 4 heteroatoms. The molecule has 0 heterocycles. The molecule has 0 unspecified atom stereocenters. The summed E-state index contributed by atoms with van der Waals surface area (Å²) in [7, 11) is 0. The number of hydrogen-bond donors (Lipinski definition) is 4. The second-order valence-corrected chi connectivity index (χ2v) is 2.66. The molecule has 0 aromatic heterocycles. The van der Waals surface area contributed by atoms with Crippen LogP contribution in [0, 0.1) is 0 Å². The fourth-order valence-corrected chi connectivity index (χ4v) is 0.825. The molecule has 0 aliphatic carbocycles. The van der Waals surface area contributed by atoms with Crippen LogP contribution < -0.4 is 22.9 Å². The lowest BCUT2D eigenvalue weighted by Crippen LogP contribution is -2.50. The summed E-state index contributed by atoms with van der Waals surface area (Å²) >= 11 is 0. The van der Waals surface area contributed by atoms with Crippen molar-refractivity contribution in [3.05, 3.63) is 0 Å². The van der Waals surface area contributed by atoms with Crippen molar-refractivity contribution in [3.63, 3.8) is 0 Å². The third-order valence-corrected chi connectivity index (χ3v) is 1.46. The molecule has 0 spiro atoms. The lowest BCUT2D eigenvalue weighted by molar-refractivity contribution is 0.376. The minimum absolute atomic E-state index is 0.539. The summed E-state index contributed by atoms with van der Waals surface area (Å²) in [5.74, 6) is 0. The Bertz CT molecular complexity index is 81.8. The van der Waals surface area contributed by atoms with E-state index >= 15 is 0 Å². The SMILES string of the molecule is NCCCC(N)(N)CCN. The summed E-state index contributed by atoms with van der Waals surface area (Å²) in [6.45, 7) is 1.18. The van der Waals surface area contributed by atoms with Crippen LogP contribution in [0.1, 0.15) is 19.3 Å². The monoisotopic (exact) mass is 146 g/mol. The molecule has 0 atom stereocenters. The van der Waals surface area contributed by atoms with E-state index in [1.165, 1.54) is 0 Å². The van der Waals surface area contributed by atoms with Gasteiger partial charge in [0.05, 0.1) is 5.66 Å². The minimum Gasteiger partial charge on any atom is -0.330 e. The van der Waals surface area contributed by atoms with Crippen molar-refractivity contribution in [2.75, 3.05) is 13.1 Å². The van der Waals surface area contributed by atoms with Crippen molar-refractivity contribution in [3.8, 4) is 0 Å². The van der Waals surface area contributed by atoms with Crippen LogP contribution in [0.25, 0.3) is 0 Å². The predicted molar refractivity (Wildman–Crippen MR) is 43.1 cm³/mol. The summed E-state index contributed by atoms with van der Waals surface area (Å²) in [5, 5.41) is 0. The van der Waals surface area contributed by atoms with E-state index in [0.717, 1.165) is 12.8 Å². The van der Waals surface area contributed by atoms with Crippen molar-refractivity contribution >= 4 is 0 Å². The Morgan fingerprint density at radius 3 is 1.90 bits per heavy atom. The third-order valence-electron chi connectivity index (χ3n) is 1.46. The van der Waals surface area contributed by atoms with Gasteiger partial charge in [0.1, 0.15) is 0 Å². The Balaban J connectivity index is 3.42. The maximum Gasteiger partial charge on any atom is 0.0649 e. The zero-order valence-corrected chi connectivity index (χ0v) is 6.34.